The minimum atomic E-state index is -3.63. The molecule has 0 aromatic heterocycles. The summed E-state index contributed by atoms with van der Waals surface area (Å²) < 4.78 is 28.4. The average molecular weight is 369 g/mol. The van der Waals surface area contributed by atoms with Crippen molar-refractivity contribution < 1.29 is 8.42 Å². The van der Waals surface area contributed by atoms with Crippen LogP contribution in [0.2, 0.25) is 0 Å². The molecule has 0 unspecified atom stereocenters. The monoisotopic (exact) mass is 368 g/mol. The Balaban J connectivity index is 2.33. The Labute approximate surface area is 133 Å². The maximum Gasteiger partial charge on any atom is 0.241 e. The molecule has 0 spiro atoms. The van der Waals surface area contributed by atoms with Gasteiger partial charge in [-0.2, -0.15) is 0 Å². The zero-order chi connectivity index (χ0) is 15.6. The van der Waals surface area contributed by atoms with Crippen molar-refractivity contribution in [3.8, 4) is 0 Å². The van der Waals surface area contributed by atoms with Crippen LogP contribution in [0.1, 0.15) is 24.1 Å². The van der Waals surface area contributed by atoms with Gasteiger partial charge in [0.15, 0.2) is 0 Å². The molecule has 0 amide bonds. The van der Waals surface area contributed by atoms with Crippen LogP contribution in [-0.2, 0) is 10.0 Å². The van der Waals surface area contributed by atoms with Gasteiger partial charge in [-0.25, -0.2) is 13.1 Å². The summed E-state index contributed by atoms with van der Waals surface area (Å²) in [6.45, 7) is 3.55. The fourth-order valence-electron chi connectivity index (χ4n) is 2.06. The van der Waals surface area contributed by atoms with E-state index >= 15 is 0 Å². The van der Waals surface area contributed by atoms with Crippen molar-refractivity contribution in [1.29, 1.82) is 0 Å². The van der Waals surface area contributed by atoms with Crippen molar-refractivity contribution in [2.45, 2.75) is 24.8 Å². The summed E-state index contributed by atoms with van der Waals surface area (Å²) in [5.74, 6) is 0. The van der Waals surface area contributed by atoms with Gasteiger partial charge in [-0.15, -0.1) is 0 Å². The van der Waals surface area contributed by atoms with Crippen molar-refractivity contribution in [3.05, 3.63) is 58.1 Å². The molecule has 2 rings (SSSR count). The third-order valence-corrected chi connectivity index (χ3v) is 5.58. The van der Waals surface area contributed by atoms with E-state index in [0.717, 1.165) is 5.56 Å². The van der Waals surface area contributed by atoms with Crippen molar-refractivity contribution in [2.75, 3.05) is 5.73 Å². The first-order valence-electron chi connectivity index (χ1n) is 6.44. The molecule has 4 nitrogen and oxygen atoms in total. The van der Waals surface area contributed by atoms with E-state index in [-0.39, 0.29) is 10.9 Å². The number of nitrogens with two attached hydrogens (primary N) is 1. The first-order valence-corrected chi connectivity index (χ1v) is 8.72. The lowest BCUT2D eigenvalue weighted by atomic mass is 10.1. The standard InChI is InChI=1S/C15H17BrN2O2S/c1-10-8-13(16)14(17)9-15(10)21(19,20)18-11(2)12-6-4-3-5-7-12/h3-9,11,18H,17H2,1-2H3/t11-/m1/s1. The van der Waals surface area contributed by atoms with Gasteiger partial charge in [0.2, 0.25) is 10.0 Å². The number of anilines is 1. The average Bonchev–Trinajstić information content (AvgIpc) is 2.43. The smallest absolute Gasteiger partial charge is 0.241 e. The molecule has 1 atom stereocenters. The van der Waals surface area contributed by atoms with E-state index in [1.165, 1.54) is 6.07 Å². The Kier molecular flexibility index (Phi) is 4.70. The number of nitrogens with one attached hydrogen (secondary N) is 1. The number of halogens is 1. The van der Waals surface area contributed by atoms with Gasteiger partial charge in [-0.05, 0) is 53.0 Å². The van der Waals surface area contributed by atoms with Gasteiger partial charge >= 0.3 is 0 Å². The van der Waals surface area contributed by atoms with Crippen LogP contribution in [0.25, 0.3) is 0 Å². The van der Waals surface area contributed by atoms with Gasteiger partial charge in [0.25, 0.3) is 0 Å². The Morgan fingerprint density at radius 3 is 2.43 bits per heavy atom. The molecular weight excluding hydrogens is 352 g/mol. The van der Waals surface area contributed by atoms with Gasteiger partial charge in [0.05, 0.1) is 4.90 Å². The third kappa shape index (κ3) is 3.64. The number of sulfonamides is 1. The number of hydrogen-bond donors (Lipinski definition) is 2. The first kappa shape index (κ1) is 16.0. The molecule has 2 aromatic carbocycles. The van der Waals surface area contributed by atoms with Crippen LogP contribution in [0.3, 0.4) is 0 Å². The molecule has 0 heterocycles. The van der Waals surface area contributed by atoms with Gasteiger partial charge in [-0.1, -0.05) is 30.3 Å². The minimum absolute atomic E-state index is 0.200. The molecule has 2 aromatic rings. The van der Waals surface area contributed by atoms with Crippen molar-refractivity contribution in [3.63, 3.8) is 0 Å². The lowest BCUT2D eigenvalue weighted by molar-refractivity contribution is 0.566. The van der Waals surface area contributed by atoms with Crippen molar-refractivity contribution >= 4 is 31.6 Å². The SMILES string of the molecule is Cc1cc(Br)c(N)cc1S(=O)(=O)N[C@H](C)c1ccccc1. The van der Waals surface area contributed by atoms with Crippen molar-refractivity contribution in [1.82, 2.24) is 4.72 Å². The van der Waals surface area contributed by atoms with E-state index in [1.54, 1.807) is 13.0 Å². The highest BCUT2D eigenvalue weighted by molar-refractivity contribution is 9.10. The fourth-order valence-corrected chi connectivity index (χ4v) is 4.02. The van der Waals surface area contributed by atoms with E-state index in [1.807, 2.05) is 37.3 Å². The molecule has 0 saturated heterocycles. The zero-order valence-corrected chi connectivity index (χ0v) is 14.2. The van der Waals surface area contributed by atoms with Gasteiger partial charge in [-0.3, -0.25) is 0 Å². The second-order valence-electron chi connectivity index (χ2n) is 4.89. The predicted molar refractivity (Wildman–Crippen MR) is 88.5 cm³/mol. The molecule has 0 aliphatic carbocycles. The quantitative estimate of drug-likeness (QED) is 0.812. The number of benzene rings is 2. The predicted octanol–water partition coefficient (Wildman–Crippen LogP) is 3.38. The highest BCUT2D eigenvalue weighted by Crippen LogP contribution is 2.27. The summed E-state index contributed by atoms with van der Waals surface area (Å²) in [5, 5.41) is 0. The summed E-state index contributed by atoms with van der Waals surface area (Å²) >= 11 is 3.29. The summed E-state index contributed by atoms with van der Waals surface area (Å²) in [7, 11) is -3.63. The normalized spacial score (nSPS) is 13.1. The molecule has 0 saturated carbocycles. The van der Waals surface area contributed by atoms with Crippen LogP contribution in [0.4, 0.5) is 5.69 Å². The Morgan fingerprint density at radius 2 is 1.81 bits per heavy atom. The van der Waals surface area contributed by atoms with E-state index in [2.05, 4.69) is 20.7 Å². The molecule has 0 radical (unpaired) electrons. The molecule has 112 valence electrons. The molecule has 0 fully saturated rings. The van der Waals surface area contributed by atoms with Gasteiger partial charge in [0.1, 0.15) is 0 Å². The highest BCUT2D eigenvalue weighted by Gasteiger charge is 2.21. The summed E-state index contributed by atoms with van der Waals surface area (Å²) in [4.78, 5) is 0.200. The largest absolute Gasteiger partial charge is 0.398 e. The molecule has 6 heteroatoms. The van der Waals surface area contributed by atoms with E-state index in [0.29, 0.717) is 15.7 Å². The lowest BCUT2D eigenvalue weighted by Crippen LogP contribution is -2.27. The fraction of sp³-hybridized carbons (Fsp3) is 0.200. The van der Waals surface area contributed by atoms with Gasteiger partial charge < -0.3 is 5.73 Å². The van der Waals surface area contributed by atoms with Crippen LogP contribution in [0.15, 0.2) is 51.8 Å². The topological polar surface area (TPSA) is 72.2 Å². The highest BCUT2D eigenvalue weighted by atomic mass is 79.9. The van der Waals surface area contributed by atoms with Gasteiger partial charge in [0, 0.05) is 16.2 Å². The number of nitrogen functional groups attached to an aromatic ring is 1. The van der Waals surface area contributed by atoms with Crippen LogP contribution in [0.5, 0.6) is 0 Å². The maximum absolute atomic E-state index is 12.5. The second-order valence-corrected chi connectivity index (χ2v) is 7.43. The molecule has 21 heavy (non-hydrogen) atoms. The van der Waals surface area contributed by atoms with Crippen LogP contribution in [-0.4, -0.2) is 8.42 Å². The number of hydrogen-bond acceptors (Lipinski definition) is 3. The van der Waals surface area contributed by atoms with Crippen LogP contribution >= 0.6 is 15.9 Å². The maximum atomic E-state index is 12.5. The Hall–Kier alpha value is -1.37. The first-order chi connectivity index (χ1) is 9.81. The minimum Gasteiger partial charge on any atom is -0.398 e. The summed E-state index contributed by atoms with van der Waals surface area (Å²) in [6, 6.07) is 12.3. The number of aryl methyl sites for hydroxylation is 1. The Morgan fingerprint density at radius 1 is 1.19 bits per heavy atom. The second kappa shape index (κ2) is 6.17. The summed E-state index contributed by atoms with van der Waals surface area (Å²) in [6.07, 6.45) is 0. The zero-order valence-electron chi connectivity index (χ0n) is 11.8. The molecule has 0 aliphatic rings. The molecule has 0 bridgehead atoms. The molecule has 0 aliphatic heterocycles. The van der Waals surface area contributed by atoms with Crippen LogP contribution < -0.4 is 10.5 Å². The molecule has 3 N–H and O–H groups in total. The van der Waals surface area contributed by atoms with E-state index < -0.39 is 10.0 Å². The number of rotatable bonds is 4. The third-order valence-electron chi connectivity index (χ3n) is 3.22. The van der Waals surface area contributed by atoms with Crippen LogP contribution in [0, 0.1) is 6.92 Å². The van der Waals surface area contributed by atoms with E-state index in [4.69, 9.17) is 5.73 Å². The van der Waals surface area contributed by atoms with Crippen molar-refractivity contribution in [2.24, 2.45) is 0 Å². The Bertz CT molecular complexity index is 746. The molecular formula is C15H17BrN2O2S. The lowest BCUT2D eigenvalue weighted by Gasteiger charge is -2.16. The summed E-state index contributed by atoms with van der Waals surface area (Å²) in [5.41, 5.74) is 7.73. The van der Waals surface area contributed by atoms with E-state index in [9.17, 15) is 8.42 Å².